The zero-order chi connectivity index (χ0) is 27.0. The fourth-order valence-electron chi connectivity index (χ4n) is 6.12. The number of benzene rings is 2. The van der Waals surface area contributed by atoms with Gasteiger partial charge in [-0.2, -0.15) is 0 Å². The minimum atomic E-state index is -0.491. The molecule has 3 N–H and O–H groups in total. The van der Waals surface area contributed by atoms with Crippen LogP contribution in [-0.2, 0) is 28.9 Å². The lowest BCUT2D eigenvalue weighted by Crippen LogP contribution is -2.52. The number of primary amides is 1. The van der Waals surface area contributed by atoms with E-state index in [9.17, 15) is 9.59 Å². The molecule has 2 amide bonds. The largest absolute Gasteiger partial charge is 0.445 e. The van der Waals surface area contributed by atoms with Gasteiger partial charge in [-0.3, -0.25) is 9.20 Å². The molecule has 2 aromatic heterocycles. The normalized spacial score (nSPS) is 16.4. The first-order chi connectivity index (χ1) is 19.0. The number of alkyl carbamates (subject to hydrolysis) is 1. The number of anilines is 1. The average molecular weight is 528 g/mol. The second kappa shape index (κ2) is 10.2. The number of rotatable bonds is 7. The van der Waals surface area contributed by atoms with Crippen LogP contribution >= 0.6 is 0 Å². The minimum absolute atomic E-state index is 0.224. The van der Waals surface area contributed by atoms with Gasteiger partial charge in [0.2, 0.25) is 0 Å². The molecule has 0 unspecified atom stereocenters. The van der Waals surface area contributed by atoms with Crippen molar-refractivity contribution in [2.24, 2.45) is 5.73 Å². The highest BCUT2D eigenvalue weighted by Crippen LogP contribution is 2.40. The molecule has 2 aliphatic rings. The van der Waals surface area contributed by atoms with Gasteiger partial charge in [-0.05, 0) is 60.9 Å². The summed E-state index contributed by atoms with van der Waals surface area (Å²) in [6, 6.07) is 17.6. The van der Waals surface area contributed by atoms with Gasteiger partial charge in [0.05, 0.1) is 28.7 Å². The standard InChI is InChI=1S/C30H33N5O4/c1-38-30(19-32-29(37)39-18-20-8-3-2-4-9-20)14-16-34(17-15-30)28-22-11-7-10-21(22)25(26(31)36)27-33-23-12-5-6-13-24(23)35(27)28/h2-6,8-9,12-13H,7,10-11,14-19H2,1H3,(H2,31,36)(H,32,37). The number of aromatic nitrogens is 2. The molecule has 9 nitrogen and oxygen atoms in total. The number of hydrogen-bond donors (Lipinski definition) is 2. The topological polar surface area (TPSA) is 111 Å². The van der Waals surface area contributed by atoms with E-state index >= 15 is 0 Å². The zero-order valence-corrected chi connectivity index (χ0v) is 22.1. The van der Waals surface area contributed by atoms with Crippen LogP contribution in [0.4, 0.5) is 10.6 Å². The Labute approximate surface area is 226 Å². The van der Waals surface area contributed by atoms with Gasteiger partial charge >= 0.3 is 6.09 Å². The molecule has 0 atom stereocenters. The Bertz CT molecular complexity index is 1540. The molecule has 202 valence electrons. The van der Waals surface area contributed by atoms with Crippen LogP contribution in [0.1, 0.15) is 46.3 Å². The summed E-state index contributed by atoms with van der Waals surface area (Å²) in [6.45, 7) is 2.06. The molecule has 0 bridgehead atoms. The predicted octanol–water partition coefficient (Wildman–Crippen LogP) is 3.99. The van der Waals surface area contributed by atoms with Crippen molar-refractivity contribution >= 4 is 34.5 Å². The number of ether oxygens (including phenoxy) is 2. The van der Waals surface area contributed by atoms with Crippen molar-refractivity contribution in [2.45, 2.75) is 44.3 Å². The number of methoxy groups -OCH3 is 1. The molecule has 1 aliphatic carbocycles. The van der Waals surface area contributed by atoms with E-state index in [1.54, 1.807) is 7.11 Å². The van der Waals surface area contributed by atoms with Crippen LogP contribution in [0.2, 0.25) is 0 Å². The summed E-state index contributed by atoms with van der Waals surface area (Å²) >= 11 is 0. The molecule has 9 heteroatoms. The Hall–Kier alpha value is -4.11. The smallest absolute Gasteiger partial charge is 0.407 e. The van der Waals surface area contributed by atoms with Crippen LogP contribution in [0.3, 0.4) is 0 Å². The van der Waals surface area contributed by atoms with E-state index in [4.69, 9.17) is 20.2 Å². The molecule has 39 heavy (non-hydrogen) atoms. The number of carbonyl (C=O) groups is 2. The number of fused-ring (bicyclic) bond motifs is 4. The fraction of sp³-hybridized carbons (Fsp3) is 0.367. The van der Waals surface area contributed by atoms with Crippen molar-refractivity contribution in [1.82, 2.24) is 14.7 Å². The Kier molecular flexibility index (Phi) is 6.60. The van der Waals surface area contributed by atoms with Crippen LogP contribution in [0.15, 0.2) is 54.6 Å². The second-order valence-corrected chi connectivity index (χ2v) is 10.4. The Morgan fingerprint density at radius 2 is 1.74 bits per heavy atom. The molecule has 0 spiro atoms. The number of amides is 2. The van der Waals surface area contributed by atoms with Crippen LogP contribution in [0.25, 0.3) is 16.7 Å². The Morgan fingerprint density at radius 1 is 1.03 bits per heavy atom. The average Bonchev–Trinajstić information content (AvgIpc) is 3.59. The van der Waals surface area contributed by atoms with Crippen molar-refractivity contribution < 1.29 is 19.1 Å². The summed E-state index contributed by atoms with van der Waals surface area (Å²) in [5, 5.41) is 2.91. The van der Waals surface area contributed by atoms with Crippen LogP contribution in [0.5, 0.6) is 0 Å². The van der Waals surface area contributed by atoms with Gasteiger partial charge in [-0.15, -0.1) is 0 Å². The number of nitrogens with zero attached hydrogens (tertiary/aromatic N) is 3. The minimum Gasteiger partial charge on any atom is -0.445 e. The fourth-order valence-corrected chi connectivity index (χ4v) is 6.12. The van der Waals surface area contributed by atoms with Gasteiger partial charge in [0.15, 0.2) is 5.65 Å². The summed E-state index contributed by atoms with van der Waals surface area (Å²) in [6.07, 6.45) is 3.70. The predicted molar refractivity (Wildman–Crippen MR) is 149 cm³/mol. The van der Waals surface area contributed by atoms with E-state index in [0.29, 0.717) is 17.8 Å². The second-order valence-electron chi connectivity index (χ2n) is 10.4. The quantitative estimate of drug-likeness (QED) is 0.376. The first kappa shape index (κ1) is 25.2. The SMILES string of the molecule is COC1(CNC(=O)OCc2ccccc2)CCN(c2c3c(c(C(N)=O)c4nc5ccccc5n24)CCC3)CC1. The van der Waals surface area contributed by atoms with E-state index in [-0.39, 0.29) is 6.61 Å². The molecule has 1 fully saturated rings. The Morgan fingerprint density at radius 3 is 2.49 bits per heavy atom. The maximum atomic E-state index is 12.6. The third-order valence-electron chi connectivity index (χ3n) is 8.21. The lowest BCUT2D eigenvalue weighted by molar-refractivity contribution is -0.0280. The number of hydrogen-bond acceptors (Lipinski definition) is 6. The van der Waals surface area contributed by atoms with E-state index in [2.05, 4.69) is 14.6 Å². The maximum absolute atomic E-state index is 12.6. The van der Waals surface area contributed by atoms with E-state index < -0.39 is 17.6 Å². The lowest BCUT2D eigenvalue weighted by Gasteiger charge is -2.42. The van der Waals surface area contributed by atoms with Gasteiger partial charge in [0.1, 0.15) is 12.4 Å². The number of carbonyl (C=O) groups excluding carboxylic acids is 2. The number of imidazole rings is 1. The third-order valence-corrected chi connectivity index (χ3v) is 8.21. The molecule has 6 rings (SSSR count). The number of nitrogens with two attached hydrogens (primary N) is 1. The van der Waals surface area contributed by atoms with Gasteiger partial charge in [-0.25, -0.2) is 9.78 Å². The molecule has 2 aromatic carbocycles. The number of pyridine rings is 1. The third kappa shape index (κ3) is 4.57. The molecule has 0 radical (unpaired) electrons. The molecule has 3 heterocycles. The number of para-hydroxylation sites is 2. The van der Waals surface area contributed by atoms with Crippen LogP contribution in [0, 0.1) is 0 Å². The van der Waals surface area contributed by atoms with Gasteiger partial charge in [-0.1, -0.05) is 42.5 Å². The number of piperidine rings is 1. The van der Waals surface area contributed by atoms with E-state index in [1.807, 2.05) is 54.6 Å². The van der Waals surface area contributed by atoms with Gasteiger partial charge in [0, 0.05) is 20.2 Å². The molecule has 0 saturated carbocycles. The molecule has 1 aliphatic heterocycles. The summed E-state index contributed by atoms with van der Waals surface area (Å²) in [7, 11) is 1.70. The highest BCUT2D eigenvalue weighted by molar-refractivity contribution is 6.03. The van der Waals surface area contributed by atoms with Crippen molar-refractivity contribution in [1.29, 1.82) is 0 Å². The van der Waals surface area contributed by atoms with Gasteiger partial charge < -0.3 is 25.4 Å². The molecular weight excluding hydrogens is 494 g/mol. The van der Waals surface area contributed by atoms with Crippen molar-refractivity contribution in [3.8, 4) is 0 Å². The molecule has 1 saturated heterocycles. The molecule has 4 aromatic rings. The van der Waals surface area contributed by atoms with Crippen molar-refractivity contribution in [3.63, 3.8) is 0 Å². The summed E-state index contributed by atoms with van der Waals surface area (Å²) in [5.41, 5.74) is 11.6. The van der Waals surface area contributed by atoms with Crippen molar-refractivity contribution in [3.05, 3.63) is 76.9 Å². The van der Waals surface area contributed by atoms with Crippen molar-refractivity contribution in [2.75, 3.05) is 31.6 Å². The summed E-state index contributed by atoms with van der Waals surface area (Å²) in [4.78, 5) is 32.3. The van der Waals surface area contributed by atoms with E-state index in [1.165, 1.54) is 5.56 Å². The van der Waals surface area contributed by atoms with Gasteiger partial charge in [0.25, 0.3) is 5.91 Å². The Balaban J connectivity index is 1.24. The summed E-state index contributed by atoms with van der Waals surface area (Å²) < 4.78 is 13.5. The first-order valence-electron chi connectivity index (χ1n) is 13.5. The monoisotopic (exact) mass is 527 g/mol. The van der Waals surface area contributed by atoms with Crippen LogP contribution in [-0.4, -0.2) is 53.7 Å². The first-order valence-corrected chi connectivity index (χ1v) is 13.5. The lowest BCUT2D eigenvalue weighted by atomic mass is 9.90. The highest BCUT2D eigenvalue weighted by Gasteiger charge is 2.38. The highest BCUT2D eigenvalue weighted by atomic mass is 16.5. The maximum Gasteiger partial charge on any atom is 0.407 e. The zero-order valence-electron chi connectivity index (χ0n) is 22.1. The van der Waals surface area contributed by atoms with E-state index in [0.717, 1.165) is 73.2 Å². The van der Waals surface area contributed by atoms with Crippen LogP contribution < -0.4 is 16.0 Å². The number of nitrogens with one attached hydrogen (secondary N) is 1. The summed E-state index contributed by atoms with van der Waals surface area (Å²) in [5.74, 6) is 0.665. The molecular formula is C30H33N5O4.